The van der Waals surface area contributed by atoms with Crippen molar-refractivity contribution in [1.29, 1.82) is 0 Å². The summed E-state index contributed by atoms with van der Waals surface area (Å²) in [5.41, 5.74) is 1.45. The van der Waals surface area contributed by atoms with Crippen molar-refractivity contribution in [1.82, 2.24) is 10.2 Å². The van der Waals surface area contributed by atoms with Gasteiger partial charge >= 0.3 is 0 Å². The molecule has 1 heterocycles. The first kappa shape index (κ1) is 14.6. The molecule has 0 radical (unpaired) electrons. The molecule has 2 nitrogen and oxygen atoms in total. The van der Waals surface area contributed by atoms with Crippen LogP contribution in [-0.4, -0.2) is 30.6 Å². The van der Waals surface area contributed by atoms with Crippen LogP contribution in [-0.2, 0) is 0 Å². The Hall–Kier alpha value is -1.38. The van der Waals surface area contributed by atoms with Gasteiger partial charge in [0, 0.05) is 18.6 Å². The molecule has 2 unspecified atom stereocenters. The van der Waals surface area contributed by atoms with E-state index in [9.17, 15) is 0 Å². The van der Waals surface area contributed by atoms with E-state index in [2.05, 4.69) is 66.5 Å². The van der Waals surface area contributed by atoms with E-state index in [0.717, 1.165) is 13.1 Å². The van der Waals surface area contributed by atoms with Gasteiger partial charge in [0.05, 0.1) is 0 Å². The molecule has 1 saturated heterocycles. The minimum absolute atomic E-state index is 0.462. The summed E-state index contributed by atoms with van der Waals surface area (Å²) in [5, 5.41) is 6.36. The molecule has 0 bridgehead atoms. The van der Waals surface area contributed by atoms with Crippen LogP contribution < -0.4 is 5.32 Å². The molecule has 1 aliphatic heterocycles. The van der Waals surface area contributed by atoms with Crippen LogP contribution in [0.4, 0.5) is 0 Å². The molecule has 112 valence electrons. The van der Waals surface area contributed by atoms with Gasteiger partial charge in [-0.05, 0) is 49.2 Å². The Labute approximate surface area is 128 Å². The van der Waals surface area contributed by atoms with E-state index in [1.54, 1.807) is 0 Å². The average molecular weight is 282 g/mol. The summed E-state index contributed by atoms with van der Waals surface area (Å²) >= 11 is 0. The highest BCUT2D eigenvalue weighted by Gasteiger charge is 2.22. The molecule has 2 aromatic rings. The third-order valence-corrected chi connectivity index (χ3v) is 4.84. The lowest BCUT2D eigenvalue weighted by Gasteiger charge is -2.31. The third-order valence-electron chi connectivity index (χ3n) is 4.84. The van der Waals surface area contributed by atoms with Crippen molar-refractivity contribution < 1.29 is 0 Å². The molecule has 1 aliphatic rings. The van der Waals surface area contributed by atoms with E-state index in [1.807, 2.05) is 0 Å². The summed E-state index contributed by atoms with van der Waals surface area (Å²) in [6.07, 6.45) is 2.64. The molecule has 0 saturated carbocycles. The maximum Gasteiger partial charge on any atom is 0.0326 e. The Morgan fingerprint density at radius 3 is 2.76 bits per heavy atom. The number of benzene rings is 2. The zero-order valence-electron chi connectivity index (χ0n) is 13.2. The standard InChI is InChI=1S/C19H26N2/c1-3-21(14-17-10-7-13-20-17)15(2)18-12-6-9-16-8-4-5-11-19(16)18/h4-6,8-9,11-12,15,17,20H,3,7,10,13-14H2,1-2H3. The van der Waals surface area contributed by atoms with Crippen LogP contribution >= 0.6 is 0 Å². The fourth-order valence-corrected chi connectivity index (χ4v) is 3.57. The minimum Gasteiger partial charge on any atom is -0.313 e. The molecule has 0 amide bonds. The largest absolute Gasteiger partial charge is 0.313 e. The zero-order valence-corrected chi connectivity index (χ0v) is 13.2. The predicted octanol–water partition coefficient (Wildman–Crippen LogP) is 3.97. The minimum atomic E-state index is 0.462. The van der Waals surface area contributed by atoms with E-state index in [0.29, 0.717) is 12.1 Å². The first-order valence-electron chi connectivity index (χ1n) is 8.24. The molecule has 3 rings (SSSR count). The van der Waals surface area contributed by atoms with E-state index in [4.69, 9.17) is 0 Å². The number of rotatable bonds is 5. The SMILES string of the molecule is CCN(CC1CCCN1)C(C)c1cccc2ccccc12. The molecule has 21 heavy (non-hydrogen) atoms. The number of fused-ring (bicyclic) bond motifs is 1. The number of nitrogens with zero attached hydrogens (tertiary/aromatic N) is 1. The third kappa shape index (κ3) is 3.12. The van der Waals surface area contributed by atoms with E-state index in [-0.39, 0.29) is 0 Å². The predicted molar refractivity (Wildman–Crippen MR) is 90.6 cm³/mol. The number of hydrogen-bond donors (Lipinski definition) is 1. The van der Waals surface area contributed by atoms with Crippen LogP contribution in [0.25, 0.3) is 10.8 Å². The molecule has 2 atom stereocenters. The van der Waals surface area contributed by atoms with Crippen molar-refractivity contribution in [2.24, 2.45) is 0 Å². The zero-order chi connectivity index (χ0) is 14.7. The molecule has 2 aromatic carbocycles. The van der Waals surface area contributed by atoms with Gasteiger partial charge in [-0.1, -0.05) is 49.4 Å². The summed E-state index contributed by atoms with van der Waals surface area (Å²) in [7, 11) is 0. The van der Waals surface area contributed by atoms with Crippen molar-refractivity contribution >= 4 is 10.8 Å². The Balaban J connectivity index is 1.85. The lowest BCUT2D eigenvalue weighted by molar-refractivity contribution is 0.203. The van der Waals surface area contributed by atoms with E-state index >= 15 is 0 Å². The van der Waals surface area contributed by atoms with Crippen molar-refractivity contribution in [2.45, 2.75) is 38.8 Å². The van der Waals surface area contributed by atoms with Gasteiger partial charge in [0.1, 0.15) is 0 Å². The summed E-state index contributed by atoms with van der Waals surface area (Å²) in [6, 6.07) is 16.5. The van der Waals surface area contributed by atoms with Crippen molar-refractivity contribution in [3.05, 3.63) is 48.0 Å². The van der Waals surface area contributed by atoms with Crippen molar-refractivity contribution in [3.8, 4) is 0 Å². The van der Waals surface area contributed by atoms with Gasteiger partial charge in [-0.25, -0.2) is 0 Å². The first-order valence-corrected chi connectivity index (χ1v) is 8.24. The van der Waals surface area contributed by atoms with Gasteiger partial charge in [0.2, 0.25) is 0 Å². The van der Waals surface area contributed by atoms with Gasteiger partial charge < -0.3 is 5.32 Å². The molecule has 0 spiro atoms. The average Bonchev–Trinajstić information content (AvgIpc) is 3.04. The van der Waals surface area contributed by atoms with E-state index < -0.39 is 0 Å². The summed E-state index contributed by atoms with van der Waals surface area (Å²) in [4.78, 5) is 2.60. The van der Waals surface area contributed by atoms with Crippen LogP contribution in [0.3, 0.4) is 0 Å². The number of nitrogens with one attached hydrogen (secondary N) is 1. The Bertz CT molecular complexity index is 582. The Kier molecular flexibility index (Phi) is 4.57. The molecule has 1 N–H and O–H groups in total. The molecular weight excluding hydrogens is 256 g/mol. The highest BCUT2D eigenvalue weighted by Crippen LogP contribution is 2.28. The lowest BCUT2D eigenvalue weighted by Crippen LogP contribution is -2.38. The second-order valence-electron chi connectivity index (χ2n) is 6.13. The highest BCUT2D eigenvalue weighted by atomic mass is 15.2. The van der Waals surface area contributed by atoms with Crippen molar-refractivity contribution in [3.63, 3.8) is 0 Å². The smallest absolute Gasteiger partial charge is 0.0326 e. The monoisotopic (exact) mass is 282 g/mol. The van der Waals surface area contributed by atoms with Crippen LogP contribution in [0.5, 0.6) is 0 Å². The molecule has 0 aromatic heterocycles. The lowest BCUT2D eigenvalue weighted by atomic mass is 9.98. The number of likely N-dealkylation sites (N-methyl/N-ethyl adjacent to an activating group) is 1. The molecular formula is C19H26N2. The summed E-state index contributed by atoms with van der Waals surface area (Å²) in [6.45, 7) is 8.06. The normalized spacial score (nSPS) is 20.2. The second-order valence-corrected chi connectivity index (χ2v) is 6.13. The van der Waals surface area contributed by atoms with Gasteiger partial charge in [-0.2, -0.15) is 0 Å². The Morgan fingerprint density at radius 1 is 1.19 bits per heavy atom. The summed E-state index contributed by atoms with van der Waals surface area (Å²) in [5.74, 6) is 0. The topological polar surface area (TPSA) is 15.3 Å². The highest BCUT2D eigenvalue weighted by molar-refractivity contribution is 5.86. The van der Waals surface area contributed by atoms with Gasteiger partial charge in [-0.15, -0.1) is 0 Å². The number of hydrogen-bond acceptors (Lipinski definition) is 2. The van der Waals surface area contributed by atoms with Gasteiger partial charge in [0.25, 0.3) is 0 Å². The van der Waals surface area contributed by atoms with Crippen LogP contribution in [0.15, 0.2) is 42.5 Å². The quantitative estimate of drug-likeness (QED) is 0.892. The van der Waals surface area contributed by atoms with Crippen LogP contribution in [0, 0.1) is 0 Å². The fourth-order valence-electron chi connectivity index (χ4n) is 3.57. The van der Waals surface area contributed by atoms with Crippen molar-refractivity contribution in [2.75, 3.05) is 19.6 Å². The van der Waals surface area contributed by atoms with Crippen LogP contribution in [0.1, 0.15) is 38.3 Å². The van der Waals surface area contributed by atoms with Gasteiger partial charge in [-0.3, -0.25) is 4.90 Å². The first-order chi connectivity index (χ1) is 10.3. The Morgan fingerprint density at radius 2 is 2.00 bits per heavy atom. The fraction of sp³-hybridized carbons (Fsp3) is 0.474. The summed E-state index contributed by atoms with van der Waals surface area (Å²) < 4.78 is 0. The molecule has 1 fully saturated rings. The van der Waals surface area contributed by atoms with E-state index in [1.165, 1.54) is 35.7 Å². The molecule has 0 aliphatic carbocycles. The van der Waals surface area contributed by atoms with Crippen LogP contribution in [0.2, 0.25) is 0 Å². The molecule has 2 heteroatoms. The maximum absolute atomic E-state index is 3.62. The maximum atomic E-state index is 3.62. The second kappa shape index (κ2) is 6.59. The van der Waals surface area contributed by atoms with Gasteiger partial charge in [0.15, 0.2) is 0 Å².